The van der Waals surface area contributed by atoms with Crippen LogP contribution in [0, 0.1) is 5.82 Å². The summed E-state index contributed by atoms with van der Waals surface area (Å²) in [6, 6.07) is 6.26. The molecule has 2 nitrogen and oxygen atoms in total. The zero-order valence-electron chi connectivity index (χ0n) is 8.09. The van der Waals surface area contributed by atoms with Crippen LogP contribution in [-0.4, -0.2) is 13.2 Å². The monoisotopic (exact) mass is 185 g/mol. The molecule has 3 heteroatoms. The predicted molar refractivity (Wildman–Crippen MR) is 52.3 cm³/mol. The minimum absolute atomic E-state index is 0.262. The topological polar surface area (TPSA) is 35.2 Å². The zero-order valence-corrected chi connectivity index (χ0v) is 8.09. The third-order valence-corrected chi connectivity index (χ3v) is 1.21. The Hall–Kier alpha value is -1.09. The largest absolute Gasteiger partial charge is 0.489 e. The molecule has 0 aliphatic rings. The van der Waals surface area contributed by atoms with E-state index in [0.717, 1.165) is 0 Å². The maximum Gasteiger partial charge on any atom is 0.165 e. The lowest BCUT2D eigenvalue weighted by Crippen LogP contribution is -2.11. The van der Waals surface area contributed by atoms with Crippen LogP contribution in [0.25, 0.3) is 0 Å². The maximum atomic E-state index is 12.7. The zero-order chi connectivity index (χ0) is 10.1. The Morgan fingerprint density at radius 3 is 2.46 bits per heavy atom. The van der Waals surface area contributed by atoms with Gasteiger partial charge in [-0.05, 0) is 12.1 Å². The quantitative estimate of drug-likeness (QED) is 0.783. The van der Waals surface area contributed by atoms with Crippen molar-refractivity contribution in [3.05, 3.63) is 30.1 Å². The summed E-state index contributed by atoms with van der Waals surface area (Å²) in [5.74, 6) is -0.0844. The molecule has 0 amide bonds. The number of halogens is 1. The molecule has 0 atom stereocenters. The van der Waals surface area contributed by atoms with Crippen LogP contribution in [0.4, 0.5) is 4.39 Å². The van der Waals surface area contributed by atoms with Crippen LogP contribution < -0.4 is 10.5 Å². The summed E-state index contributed by atoms with van der Waals surface area (Å²) in [5, 5.41) is 0. The standard InChI is InChI=1S/C8H10FNO.C2H6/c9-7-3-1-2-4-8(7)11-6-5-10;1-2/h1-4H,5-6,10H2;1-2H3. The second-order valence-corrected chi connectivity index (χ2v) is 2.07. The molecule has 1 rings (SSSR count). The summed E-state index contributed by atoms with van der Waals surface area (Å²) in [6.07, 6.45) is 0. The highest BCUT2D eigenvalue weighted by molar-refractivity contribution is 5.23. The van der Waals surface area contributed by atoms with Crippen LogP contribution >= 0.6 is 0 Å². The predicted octanol–water partition coefficient (Wildman–Crippen LogP) is 2.19. The number of hydrogen-bond donors (Lipinski definition) is 1. The fraction of sp³-hybridized carbons (Fsp3) is 0.400. The highest BCUT2D eigenvalue weighted by Gasteiger charge is 1.98. The first kappa shape index (κ1) is 11.9. The van der Waals surface area contributed by atoms with Gasteiger partial charge in [0.1, 0.15) is 6.61 Å². The molecular weight excluding hydrogens is 169 g/mol. The van der Waals surface area contributed by atoms with E-state index in [9.17, 15) is 4.39 Å². The third-order valence-electron chi connectivity index (χ3n) is 1.21. The van der Waals surface area contributed by atoms with Crippen LogP contribution in [0.1, 0.15) is 13.8 Å². The number of rotatable bonds is 3. The Labute approximate surface area is 78.5 Å². The van der Waals surface area contributed by atoms with Crippen LogP contribution in [0.2, 0.25) is 0 Å². The molecule has 1 aromatic rings. The highest BCUT2D eigenvalue weighted by Crippen LogP contribution is 2.14. The number of benzene rings is 1. The highest BCUT2D eigenvalue weighted by atomic mass is 19.1. The first-order valence-electron chi connectivity index (χ1n) is 4.42. The summed E-state index contributed by atoms with van der Waals surface area (Å²) < 4.78 is 17.7. The molecule has 0 spiro atoms. The molecule has 74 valence electrons. The molecule has 0 radical (unpaired) electrons. The number of para-hydroxylation sites is 1. The molecule has 0 saturated heterocycles. The van der Waals surface area contributed by atoms with Gasteiger partial charge in [0.05, 0.1) is 0 Å². The van der Waals surface area contributed by atoms with Crippen molar-refractivity contribution in [2.24, 2.45) is 5.73 Å². The van der Waals surface area contributed by atoms with E-state index in [-0.39, 0.29) is 11.6 Å². The number of ether oxygens (including phenoxy) is 1. The van der Waals surface area contributed by atoms with Crippen molar-refractivity contribution in [3.8, 4) is 5.75 Å². The normalized spacial score (nSPS) is 8.62. The minimum atomic E-state index is -0.346. The van der Waals surface area contributed by atoms with Crippen LogP contribution in [-0.2, 0) is 0 Å². The summed E-state index contributed by atoms with van der Waals surface area (Å²) in [5.41, 5.74) is 5.18. The van der Waals surface area contributed by atoms with E-state index in [1.54, 1.807) is 18.2 Å². The van der Waals surface area contributed by atoms with Crippen LogP contribution in [0.15, 0.2) is 24.3 Å². The van der Waals surface area contributed by atoms with Crippen molar-refractivity contribution in [2.75, 3.05) is 13.2 Å². The lowest BCUT2D eigenvalue weighted by Gasteiger charge is -2.03. The van der Waals surface area contributed by atoms with E-state index >= 15 is 0 Å². The van der Waals surface area contributed by atoms with E-state index in [1.165, 1.54) is 6.07 Å². The van der Waals surface area contributed by atoms with Crippen molar-refractivity contribution >= 4 is 0 Å². The Morgan fingerprint density at radius 2 is 1.92 bits per heavy atom. The Balaban J connectivity index is 0.000000671. The molecule has 1 aromatic carbocycles. The van der Waals surface area contributed by atoms with Crippen molar-refractivity contribution < 1.29 is 9.13 Å². The van der Waals surface area contributed by atoms with Gasteiger partial charge >= 0.3 is 0 Å². The molecule has 2 N–H and O–H groups in total. The average Bonchev–Trinajstić information content (AvgIpc) is 2.20. The summed E-state index contributed by atoms with van der Waals surface area (Å²) >= 11 is 0. The molecular formula is C10H16FNO. The van der Waals surface area contributed by atoms with Gasteiger partial charge in [0.15, 0.2) is 11.6 Å². The first-order valence-corrected chi connectivity index (χ1v) is 4.42. The van der Waals surface area contributed by atoms with Gasteiger partial charge in [-0.2, -0.15) is 0 Å². The van der Waals surface area contributed by atoms with Gasteiger partial charge < -0.3 is 10.5 Å². The van der Waals surface area contributed by atoms with Gasteiger partial charge in [-0.3, -0.25) is 0 Å². The van der Waals surface area contributed by atoms with Gasteiger partial charge in [-0.25, -0.2) is 4.39 Å². The SMILES string of the molecule is CC.NCCOc1ccccc1F. The molecule has 0 bridgehead atoms. The second kappa shape index (κ2) is 7.55. The van der Waals surface area contributed by atoms with E-state index in [1.807, 2.05) is 13.8 Å². The van der Waals surface area contributed by atoms with E-state index in [0.29, 0.717) is 13.2 Å². The first-order chi connectivity index (χ1) is 6.34. The molecule has 0 aliphatic heterocycles. The van der Waals surface area contributed by atoms with E-state index < -0.39 is 0 Å². The fourth-order valence-corrected chi connectivity index (χ4v) is 0.731. The van der Waals surface area contributed by atoms with E-state index in [2.05, 4.69) is 0 Å². The average molecular weight is 185 g/mol. The van der Waals surface area contributed by atoms with Crippen molar-refractivity contribution in [3.63, 3.8) is 0 Å². The molecule has 0 unspecified atom stereocenters. The van der Waals surface area contributed by atoms with Crippen molar-refractivity contribution in [2.45, 2.75) is 13.8 Å². The Kier molecular flexibility index (Phi) is 6.92. The lowest BCUT2D eigenvalue weighted by atomic mass is 10.3. The minimum Gasteiger partial charge on any atom is -0.489 e. The summed E-state index contributed by atoms with van der Waals surface area (Å²) in [4.78, 5) is 0. The van der Waals surface area contributed by atoms with Gasteiger partial charge in [0, 0.05) is 6.54 Å². The number of nitrogens with two attached hydrogens (primary N) is 1. The smallest absolute Gasteiger partial charge is 0.165 e. The molecule has 0 saturated carbocycles. The summed E-state index contributed by atoms with van der Waals surface area (Å²) in [7, 11) is 0. The summed E-state index contributed by atoms with van der Waals surface area (Å²) in [6.45, 7) is 4.75. The van der Waals surface area contributed by atoms with E-state index in [4.69, 9.17) is 10.5 Å². The lowest BCUT2D eigenvalue weighted by molar-refractivity contribution is 0.311. The number of hydrogen-bond acceptors (Lipinski definition) is 2. The second-order valence-electron chi connectivity index (χ2n) is 2.07. The van der Waals surface area contributed by atoms with Gasteiger partial charge in [0.2, 0.25) is 0 Å². The van der Waals surface area contributed by atoms with Crippen molar-refractivity contribution in [1.82, 2.24) is 0 Å². The third kappa shape index (κ3) is 4.48. The van der Waals surface area contributed by atoms with Crippen LogP contribution in [0.3, 0.4) is 0 Å². The fourth-order valence-electron chi connectivity index (χ4n) is 0.731. The molecule has 13 heavy (non-hydrogen) atoms. The Bertz CT molecular complexity index is 228. The maximum absolute atomic E-state index is 12.7. The van der Waals surface area contributed by atoms with Crippen LogP contribution in [0.5, 0.6) is 5.75 Å². The van der Waals surface area contributed by atoms with Gasteiger partial charge in [0.25, 0.3) is 0 Å². The molecule has 0 heterocycles. The Morgan fingerprint density at radius 1 is 1.31 bits per heavy atom. The molecule has 0 aromatic heterocycles. The van der Waals surface area contributed by atoms with Gasteiger partial charge in [-0.15, -0.1) is 0 Å². The molecule has 0 fully saturated rings. The van der Waals surface area contributed by atoms with Gasteiger partial charge in [-0.1, -0.05) is 26.0 Å². The van der Waals surface area contributed by atoms with Crippen molar-refractivity contribution in [1.29, 1.82) is 0 Å². The molecule has 0 aliphatic carbocycles.